The summed E-state index contributed by atoms with van der Waals surface area (Å²) in [5.74, 6) is -2.92. The van der Waals surface area contributed by atoms with Gasteiger partial charge in [-0.15, -0.1) is 0 Å². The number of hydrogen-bond donors (Lipinski definition) is 1. The maximum atomic E-state index is 13.7. The summed E-state index contributed by atoms with van der Waals surface area (Å²) in [5, 5.41) is 2.83. The standard InChI is InChI=1S/C50H93NO9/c1-7-9-11-13-15-17-19-21-22-23-24-25-26-27-28-30-32-34-36-38-40-48(59-44(5)54)50(56)51-46(41-57-42(3)52)49(60-45(6)55)47(58-43(4)53)39-37-35-33-31-29-20-18-16-14-12-10-8-2/h46-49H,7-41H2,1-6H3,(H,51,56). The Hall–Kier alpha value is -2.65. The van der Waals surface area contributed by atoms with Gasteiger partial charge in [0.2, 0.25) is 0 Å². The van der Waals surface area contributed by atoms with Gasteiger partial charge in [0.25, 0.3) is 5.91 Å². The van der Waals surface area contributed by atoms with E-state index in [0.717, 1.165) is 44.9 Å². The summed E-state index contributed by atoms with van der Waals surface area (Å²) in [5.41, 5.74) is 0. The minimum absolute atomic E-state index is 0.318. The zero-order chi connectivity index (χ0) is 44.5. The normalized spacial score (nSPS) is 13.2. The summed E-state index contributed by atoms with van der Waals surface area (Å²) in [6.45, 7) is 9.23. The zero-order valence-corrected chi connectivity index (χ0v) is 39.7. The molecule has 0 aliphatic rings. The van der Waals surface area contributed by atoms with Crippen molar-refractivity contribution in [1.29, 1.82) is 0 Å². The van der Waals surface area contributed by atoms with E-state index in [-0.39, 0.29) is 6.61 Å². The van der Waals surface area contributed by atoms with Crippen LogP contribution in [0, 0.1) is 0 Å². The molecule has 0 saturated heterocycles. The first-order valence-electron chi connectivity index (χ1n) is 25.0. The predicted molar refractivity (Wildman–Crippen MR) is 244 cm³/mol. The van der Waals surface area contributed by atoms with Gasteiger partial charge in [-0.2, -0.15) is 0 Å². The average Bonchev–Trinajstić information content (AvgIpc) is 3.19. The summed E-state index contributed by atoms with van der Waals surface area (Å²) in [4.78, 5) is 62.3. The van der Waals surface area contributed by atoms with Gasteiger partial charge in [0.05, 0.1) is 0 Å². The van der Waals surface area contributed by atoms with Gasteiger partial charge in [0.15, 0.2) is 12.2 Å². The van der Waals surface area contributed by atoms with E-state index in [1.54, 1.807) is 0 Å². The van der Waals surface area contributed by atoms with Crippen molar-refractivity contribution in [2.24, 2.45) is 0 Å². The average molecular weight is 852 g/mol. The molecule has 0 radical (unpaired) electrons. The molecular weight excluding hydrogens is 759 g/mol. The number of ether oxygens (including phenoxy) is 4. The maximum Gasteiger partial charge on any atom is 0.303 e. The molecule has 0 aromatic heterocycles. The van der Waals surface area contributed by atoms with E-state index in [1.807, 2.05) is 0 Å². The Morgan fingerprint density at radius 2 is 0.700 bits per heavy atom. The lowest BCUT2D eigenvalue weighted by molar-refractivity contribution is -0.172. The third kappa shape index (κ3) is 37.1. The fraction of sp³-hybridized carbons (Fsp3) is 0.900. The first-order chi connectivity index (χ1) is 29.0. The first-order valence-corrected chi connectivity index (χ1v) is 25.0. The minimum atomic E-state index is -1.12. The molecule has 0 aliphatic carbocycles. The van der Waals surface area contributed by atoms with Gasteiger partial charge < -0.3 is 24.3 Å². The number of carbonyl (C=O) groups is 5. The molecular formula is C50H93NO9. The minimum Gasteiger partial charge on any atom is -0.464 e. The van der Waals surface area contributed by atoms with E-state index < -0.39 is 54.1 Å². The van der Waals surface area contributed by atoms with Crippen molar-refractivity contribution in [3.8, 4) is 0 Å². The molecule has 10 heteroatoms. The summed E-state index contributed by atoms with van der Waals surface area (Å²) in [7, 11) is 0. The van der Waals surface area contributed by atoms with Crippen molar-refractivity contribution in [1.82, 2.24) is 5.32 Å². The third-order valence-corrected chi connectivity index (χ3v) is 11.4. The van der Waals surface area contributed by atoms with Crippen molar-refractivity contribution in [3.05, 3.63) is 0 Å². The van der Waals surface area contributed by atoms with Crippen molar-refractivity contribution >= 4 is 29.8 Å². The second-order valence-electron chi connectivity index (χ2n) is 17.4. The van der Waals surface area contributed by atoms with Crippen LogP contribution in [0.3, 0.4) is 0 Å². The predicted octanol–water partition coefficient (Wildman–Crippen LogP) is 13.1. The number of rotatable bonds is 43. The Morgan fingerprint density at radius 1 is 0.383 bits per heavy atom. The van der Waals surface area contributed by atoms with Crippen molar-refractivity contribution in [3.63, 3.8) is 0 Å². The highest BCUT2D eigenvalue weighted by atomic mass is 16.6. The summed E-state index contributed by atoms with van der Waals surface area (Å²) < 4.78 is 22.2. The summed E-state index contributed by atoms with van der Waals surface area (Å²) >= 11 is 0. The summed E-state index contributed by atoms with van der Waals surface area (Å²) in [6.07, 6.45) is 37.1. The van der Waals surface area contributed by atoms with E-state index in [1.165, 1.54) is 182 Å². The van der Waals surface area contributed by atoms with Crippen LogP contribution < -0.4 is 5.32 Å². The second-order valence-corrected chi connectivity index (χ2v) is 17.4. The Bertz CT molecular complexity index is 1070. The van der Waals surface area contributed by atoms with E-state index in [9.17, 15) is 24.0 Å². The quantitative estimate of drug-likeness (QED) is 0.0361. The molecule has 0 fully saturated rings. The van der Waals surface area contributed by atoms with Gasteiger partial charge in [0, 0.05) is 27.7 Å². The van der Waals surface area contributed by atoms with Gasteiger partial charge >= 0.3 is 23.9 Å². The number of esters is 4. The monoisotopic (exact) mass is 852 g/mol. The van der Waals surface area contributed by atoms with Gasteiger partial charge in [-0.3, -0.25) is 24.0 Å². The Balaban J connectivity index is 4.90. The molecule has 60 heavy (non-hydrogen) atoms. The van der Waals surface area contributed by atoms with Crippen molar-refractivity contribution in [2.75, 3.05) is 6.61 Å². The van der Waals surface area contributed by atoms with E-state index in [4.69, 9.17) is 18.9 Å². The molecule has 4 atom stereocenters. The van der Waals surface area contributed by atoms with Crippen molar-refractivity contribution < 1.29 is 42.9 Å². The van der Waals surface area contributed by atoms with Crippen LogP contribution in [0.5, 0.6) is 0 Å². The Morgan fingerprint density at radius 3 is 1.02 bits per heavy atom. The lowest BCUT2D eigenvalue weighted by Gasteiger charge is -2.33. The molecule has 4 unspecified atom stereocenters. The molecule has 0 aromatic rings. The van der Waals surface area contributed by atoms with Gasteiger partial charge in [0.1, 0.15) is 18.8 Å². The van der Waals surface area contributed by atoms with Crippen LogP contribution in [-0.4, -0.2) is 60.7 Å². The second kappa shape index (κ2) is 41.7. The number of nitrogens with one attached hydrogen (secondary N) is 1. The van der Waals surface area contributed by atoms with Gasteiger partial charge in [-0.25, -0.2) is 0 Å². The van der Waals surface area contributed by atoms with Gasteiger partial charge in [-0.1, -0.05) is 206 Å². The third-order valence-electron chi connectivity index (χ3n) is 11.4. The molecule has 0 heterocycles. The zero-order valence-electron chi connectivity index (χ0n) is 39.7. The highest BCUT2D eigenvalue weighted by molar-refractivity contribution is 5.83. The van der Waals surface area contributed by atoms with Crippen LogP contribution in [0.15, 0.2) is 0 Å². The highest BCUT2D eigenvalue weighted by Crippen LogP contribution is 2.21. The molecule has 0 rings (SSSR count). The lowest BCUT2D eigenvalue weighted by atomic mass is 9.98. The van der Waals surface area contributed by atoms with Crippen LogP contribution in [0.25, 0.3) is 0 Å². The summed E-state index contributed by atoms with van der Waals surface area (Å²) in [6, 6.07) is -1.04. The van der Waals surface area contributed by atoms with Crippen LogP contribution in [0.2, 0.25) is 0 Å². The van der Waals surface area contributed by atoms with E-state index >= 15 is 0 Å². The molecule has 0 aliphatic heterocycles. The van der Waals surface area contributed by atoms with Gasteiger partial charge in [-0.05, 0) is 25.7 Å². The molecule has 0 saturated carbocycles. The number of carbonyl (C=O) groups excluding carboxylic acids is 5. The van der Waals surface area contributed by atoms with Crippen LogP contribution in [0.4, 0.5) is 0 Å². The molecule has 10 nitrogen and oxygen atoms in total. The van der Waals surface area contributed by atoms with Crippen LogP contribution in [0.1, 0.15) is 260 Å². The molecule has 1 N–H and O–H groups in total. The van der Waals surface area contributed by atoms with Crippen molar-refractivity contribution in [2.45, 2.75) is 284 Å². The Labute approximate surface area is 367 Å². The smallest absolute Gasteiger partial charge is 0.303 e. The fourth-order valence-corrected chi connectivity index (χ4v) is 8.03. The lowest BCUT2D eigenvalue weighted by Crippen LogP contribution is -2.56. The molecule has 352 valence electrons. The van der Waals surface area contributed by atoms with E-state index in [0.29, 0.717) is 19.3 Å². The maximum absolute atomic E-state index is 13.7. The Kier molecular flexibility index (Phi) is 39.8. The first kappa shape index (κ1) is 57.3. The number of hydrogen-bond acceptors (Lipinski definition) is 9. The molecule has 1 amide bonds. The van der Waals surface area contributed by atoms with Crippen LogP contribution >= 0.6 is 0 Å². The number of amides is 1. The molecule has 0 bridgehead atoms. The fourth-order valence-electron chi connectivity index (χ4n) is 8.03. The molecule has 0 spiro atoms. The number of unbranched alkanes of at least 4 members (excludes halogenated alkanes) is 30. The largest absolute Gasteiger partial charge is 0.464 e. The molecule has 0 aromatic carbocycles. The van der Waals surface area contributed by atoms with E-state index in [2.05, 4.69) is 19.2 Å². The topological polar surface area (TPSA) is 134 Å². The van der Waals surface area contributed by atoms with Crippen LogP contribution in [-0.2, 0) is 42.9 Å². The highest BCUT2D eigenvalue weighted by Gasteiger charge is 2.38. The SMILES string of the molecule is CCCCCCCCCCCCCCCCCCCCCCC(OC(C)=O)C(=O)NC(COC(C)=O)C(OC(C)=O)C(CCCCCCCCCCCCCC)OC(C)=O.